The second-order valence-corrected chi connectivity index (χ2v) is 3.92. The average molecular weight is 206 g/mol. The van der Waals surface area contributed by atoms with Crippen LogP contribution in [0.1, 0.15) is 12.8 Å². The van der Waals surface area contributed by atoms with Crippen LogP contribution in [0.2, 0.25) is 0 Å². The summed E-state index contributed by atoms with van der Waals surface area (Å²) >= 11 is 0. The van der Waals surface area contributed by atoms with Crippen molar-refractivity contribution in [3.8, 4) is 0 Å². The van der Waals surface area contributed by atoms with Crippen molar-refractivity contribution in [3.63, 3.8) is 0 Å². The molecule has 0 radical (unpaired) electrons. The first-order valence-corrected chi connectivity index (χ1v) is 5.48. The Morgan fingerprint density at radius 1 is 1.33 bits per heavy atom. The molecule has 1 unspecified atom stereocenters. The van der Waals surface area contributed by atoms with Gasteiger partial charge in [-0.25, -0.2) is 5.01 Å². The van der Waals surface area contributed by atoms with E-state index in [0.29, 0.717) is 6.10 Å². The van der Waals surface area contributed by atoms with Crippen LogP contribution in [0.25, 0.3) is 0 Å². The molecular formula is C12H18N2O. The molecule has 15 heavy (non-hydrogen) atoms. The second-order valence-electron chi connectivity index (χ2n) is 3.92. The van der Waals surface area contributed by atoms with Gasteiger partial charge >= 0.3 is 0 Å². The van der Waals surface area contributed by atoms with E-state index < -0.39 is 0 Å². The number of anilines is 1. The summed E-state index contributed by atoms with van der Waals surface area (Å²) in [6.45, 7) is 2.06. The zero-order valence-corrected chi connectivity index (χ0v) is 9.15. The fourth-order valence-electron chi connectivity index (χ4n) is 1.93. The summed E-state index contributed by atoms with van der Waals surface area (Å²) in [5, 5.41) is 2.23. The highest BCUT2D eigenvalue weighted by molar-refractivity contribution is 5.41. The van der Waals surface area contributed by atoms with E-state index in [2.05, 4.69) is 22.6 Å². The molecule has 0 amide bonds. The van der Waals surface area contributed by atoms with Crippen LogP contribution in [-0.4, -0.2) is 31.3 Å². The maximum absolute atomic E-state index is 5.38. The lowest BCUT2D eigenvalue weighted by atomic mass is 10.1. The minimum Gasteiger partial charge on any atom is -0.380 e. The smallest absolute Gasteiger partial charge is 0.0717 e. The molecule has 1 aliphatic heterocycles. The van der Waals surface area contributed by atoms with Gasteiger partial charge in [-0.05, 0) is 25.0 Å². The summed E-state index contributed by atoms with van der Waals surface area (Å²) in [4.78, 5) is 0. The first-order chi connectivity index (χ1) is 7.38. The zero-order chi connectivity index (χ0) is 10.5. The predicted molar refractivity (Wildman–Crippen MR) is 61.7 cm³/mol. The zero-order valence-electron chi connectivity index (χ0n) is 9.15. The van der Waals surface area contributed by atoms with Crippen molar-refractivity contribution in [2.45, 2.75) is 18.9 Å². The Labute approximate surface area is 91.0 Å². The molecule has 1 aromatic carbocycles. The van der Waals surface area contributed by atoms with Gasteiger partial charge in [0.15, 0.2) is 0 Å². The standard InChI is InChI=1S/C12H18N2O/c1-15-12-8-5-9-14(10-12)13-11-6-3-2-4-7-11/h2-4,6-7,12-13H,5,8-10H2,1H3. The third kappa shape index (κ3) is 2.94. The van der Waals surface area contributed by atoms with Crippen molar-refractivity contribution in [3.05, 3.63) is 30.3 Å². The van der Waals surface area contributed by atoms with Gasteiger partial charge in [-0.1, -0.05) is 18.2 Å². The third-order valence-electron chi connectivity index (χ3n) is 2.77. The number of hydrazine groups is 1. The summed E-state index contributed by atoms with van der Waals surface area (Å²) in [5.74, 6) is 0. The molecule has 1 atom stereocenters. The predicted octanol–water partition coefficient (Wildman–Crippen LogP) is 2.12. The van der Waals surface area contributed by atoms with Crippen LogP contribution in [-0.2, 0) is 4.74 Å². The number of ether oxygens (including phenoxy) is 1. The summed E-state index contributed by atoms with van der Waals surface area (Å²) in [7, 11) is 1.79. The van der Waals surface area contributed by atoms with Gasteiger partial charge in [-0.3, -0.25) is 0 Å². The summed E-state index contributed by atoms with van der Waals surface area (Å²) in [6.07, 6.45) is 2.73. The number of hydrogen-bond donors (Lipinski definition) is 1. The number of hydrogen-bond acceptors (Lipinski definition) is 3. The monoisotopic (exact) mass is 206 g/mol. The molecule has 1 aromatic rings. The van der Waals surface area contributed by atoms with E-state index in [-0.39, 0.29) is 0 Å². The molecule has 3 nitrogen and oxygen atoms in total. The fourth-order valence-corrected chi connectivity index (χ4v) is 1.93. The van der Waals surface area contributed by atoms with Crippen molar-refractivity contribution in [2.24, 2.45) is 0 Å². The molecule has 0 saturated carbocycles. The molecule has 82 valence electrons. The lowest BCUT2D eigenvalue weighted by Gasteiger charge is -2.32. The van der Waals surface area contributed by atoms with Gasteiger partial charge in [-0.15, -0.1) is 0 Å². The largest absolute Gasteiger partial charge is 0.380 e. The summed E-state index contributed by atoms with van der Waals surface area (Å²) in [6, 6.07) is 10.3. The number of nitrogens with zero attached hydrogens (tertiary/aromatic N) is 1. The van der Waals surface area contributed by atoms with Gasteiger partial charge in [0.1, 0.15) is 0 Å². The Morgan fingerprint density at radius 3 is 2.87 bits per heavy atom. The van der Waals surface area contributed by atoms with Gasteiger partial charge in [0.25, 0.3) is 0 Å². The fraction of sp³-hybridized carbons (Fsp3) is 0.500. The van der Waals surface area contributed by atoms with Crippen LogP contribution in [0.15, 0.2) is 30.3 Å². The van der Waals surface area contributed by atoms with Gasteiger partial charge < -0.3 is 10.2 Å². The summed E-state index contributed by atoms with van der Waals surface area (Å²) < 4.78 is 5.38. The van der Waals surface area contributed by atoms with Gasteiger partial charge in [0, 0.05) is 25.9 Å². The third-order valence-corrected chi connectivity index (χ3v) is 2.77. The second kappa shape index (κ2) is 5.14. The van der Waals surface area contributed by atoms with Crippen molar-refractivity contribution < 1.29 is 4.74 Å². The Morgan fingerprint density at radius 2 is 2.13 bits per heavy atom. The normalized spacial score (nSPS) is 22.6. The van der Waals surface area contributed by atoms with E-state index >= 15 is 0 Å². The van der Waals surface area contributed by atoms with E-state index in [1.54, 1.807) is 7.11 Å². The highest BCUT2D eigenvalue weighted by Gasteiger charge is 2.18. The number of para-hydroxylation sites is 1. The molecular weight excluding hydrogens is 188 g/mol. The van der Waals surface area contributed by atoms with E-state index in [0.717, 1.165) is 18.8 Å². The van der Waals surface area contributed by atoms with Gasteiger partial charge in [0.2, 0.25) is 0 Å². The maximum atomic E-state index is 5.38. The van der Waals surface area contributed by atoms with Crippen LogP contribution in [0, 0.1) is 0 Å². The Kier molecular flexibility index (Phi) is 3.59. The number of piperidine rings is 1. The van der Waals surface area contributed by atoms with Crippen LogP contribution in [0.4, 0.5) is 5.69 Å². The molecule has 3 heteroatoms. The molecule has 1 heterocycles. The first kappa shape index (κ1) is 10.5. The van der Waals surface area contributed by atoms with Crippen molar-refractivity contribution in [1.29, 1.82) is 0 Å². The van der Waals surface area contributed by atoms with Crippen molar-refractivity contribution in [2.75, 3.05) is 25.6 Å². The lowest BCUT2D eigenvalue weighted by molar-refractivity contribution is 0.0404. The minimum absolute atomic E-state index is 0.370. The maximum Gasteiger partial charge on any atom is 0.0717 e. The molecule has 1 aliphatic rings. The molecule has 2 rings (SSSR count). The van der Waals surface area contributed by atoms with Crippen molar-refractivity contribution in [1.82, 2.24) is 5.01 Å². The Hall–Kier alpha value is -1.06. The highest BCUT2D eigenvalue weighted by Crippen LogP contribution is 2.14. The molecule has 0 spiro atoms. The molecule has 0 aromatic heterocycles. The molecule has 1 saturated heterocycles. The van der Waals surface area contributed by atoms with Crippen LogP contribution < -0.4 is 5.43 Å². The van der Waals surface area contributed by atoms with Crippen LogP contribution >= 0.6 is 0 Å². The number of methoxy groups -OCH3 is 1. The van der Waals surface area contributed by atoms with E-state index in [4.69, 9.17) is 4.74 Å². The topological polar surface area (TPSA) is 24.5 Å². The molecule has 0 bridgehead atoms. The Bertz CT molecular complexity index is 289. The molecule has 1 N–H and O–H groups in total. The SMILES string of the molecule is COC1CCCN(Nc2ccccc2)C1. The van der Waals surface area contributed by atoms with Crippen LogP contribution in [0.5, 0.6) is 0 Å². The van der Waals surface area contributed by atoms with E-state index in [1.807, 2.05) is 18.2 Å². The quantitative estimate of drug-likeness (QED) is 0.820. The van der Waals surface area contributed by atoms with Crippen molar-refractivity contribution >= 4 is 5.69 Å². The minimum atomic E-state index is 0.370. The van der Waals surface area contributed by atoms with Gasteiger partial charge in [0.05, 0.1) is 6.10 Å². The number of benzene rings is 1. The Balaban J connectivity index is 1.89. The lowest BCUT2D eigenvalue weighted by Crippen LogP contribution is -2.42. The number of rotatable bonds is 3. The highest BCUT2D eigenvalue weighted by atomic mass is 16.5. The molecule has 1 fully saturated rings. The van der Waals surface area contributed by atoms with E-state index in [1.165, 1.54) is 12.8 Å². The van der Waals surface area contributed by atoms with Gasteiger partial charge in [-0.2, -0.15) is 0 Å². The number of nitrogens with one attached hydrogen (secondary N) is 1. The molecule has 0 aliphatic carbocycles. The van der Waals surface area contributed by atoms with E-state index in [9.17, 15) is 0 Å². The summed E-state index contributed by atoms with van der Waals surface area (Å²) in [5.41, 5.74) is 4.55. The average Bonchev–Trinajstić information content (AvgIpc) is 2.31. The van der Waals surface area contributed by atoms with Crippen LogP contribution in [0.3, 0.4) is 0 Å². The first-order valence-electron chi connectivity index (χ1n) is 5.48.